The predicted octanol–water partition coefficient (Wildman–Crippen LogP) is -1.06. The van der Waals surface area contributed by atoms with Gasteiger partial charge in [0.05, 0.1) is 12.2 Å². The Morgan fingerprint density at radius 1 is 1.31 bits per heavy atom. The van der Waals surface area contributed by atoms with E-state index in [0.717, 1.165) is 25.9 Å². The molecule has 0 aromatic heterocycles. The number of amides is 1. The average molecular weight is 228 g/mol. The van der Waals surface area contributed by atoms with Crippen LogP contribution in [0.25, 0.3) is 0 Å². The summed E-state index contributed by atoms with van der Waals surface area (Å²) in [6.45, 7) is 2.51. The van der Waals surface area contributed by atoms with Gasteiger partial charge in [-0.3, -0.25) is 4.79 Å². The molecule has 92 valence electrons. The summed E-state index contributed by atoms with van der Waals surface area (Å²) in [7, 11) is 0. The molecule has 3 atom stereocenters. The number of hydrogen-bond acceptors (Lipinski definition) is 4. The monoisotopic (exact) mass is 228 g/mol. The van der Waals surface area contributed by atoms with E-state index in [-0.39, 0.29) is 19.0 Å². The molecular formula is C11H20N2O3. The molecule has 0 aliphatic carbocycles. The third-order valence-corrected chi connectivity index (χ3v) is 3.47. The van der Waals surface area contributed by atoms with Crippen molar-refractivity contribution in [2.24, 2.45) is 5.92 Å². The highest BCUT2D eigenvalue weighted by Crippen LogP contribution is 2.18. The third-order valence-electron chi connectivity index (χ3n) is 3.47. The Hall–Kier alpha value is -0.650. The highest BCUT2D eigenvalue weighted by Gasteiger charge is 2.33. The van der Waals surface area contributed by atoms with Crippen molar-refractivity contribution < 1.29 is 15.0 Å². The van der Waals surface area contributed by atoms with Crippen LogP contribution in [0.15, 0.2) is 0 Å². The van der Waals surface area contributed by atoms with Crippen LogP contribution in [0.4, 0.5) is 0 Å². The molecule has 0 aromatic carbocycles. The van der Waals surface area contributed by atoms with Gasteiger partial charge in [0.1, 0.15) is 0 Å². The zero-order valence-corrected chi connectivity index (χ0v) is 9.43. The molecular weight excluding hydrogens is 208 g/mol. The Balaban J connectivity index is 1.79. The van der Waals surface area contributed by atoms with Crippen LogP contribution in [0.3, 0.4) is 0 Å². The predicted molar refractivity (Wildman–Crippen MR) is 58.8 cm³/mol. The number of likely N-dealkylation sites (tertiary alicyclic amines) is 1. The number of piperidine rings is 1. The number of aliphatic hydroxyl groups excluding tert-OH is 2. The Morgan fingerprint density at radius 2 is 2.00 bits per heavy atom. The fraction of sp³-hybridized carbons (Fsp3) is 0.909. The maximum Gasteiger partial charge on any atom is 0.223 e. The standard InChI is InChI=1S/C11H20N2O3/c14-9-6-13(7-10(9)15)11(16)4-8-2-1-3-12-5-8/h8-10,12,14-15H,1-7H2/t8?,9-,10+. The van der Waals surface area contributed by atoms with Crippen molar-refractivity contribution in [2.45, 2.75) is 31.5 Å². The van der Waals surface area contributed by atoms with Crippen molar-refractivity contribution in [1.82, 2.24) is 10.2 Å². The van der Waals surface area contributed by atoms with Crippen LogP contribution < -0.4 is 5.32 Å². The summed E-state index contributed by atoms with van der Waals surface area (Å²) in [6, 6.07) is 0. The molecule has 2 fully saturated rings. The second kappa shape index (κ2) is 5.12. The summed E-state index contributed by atoms with van der Waals surface area (Å²) < 4.78 is 0. The molecule has 1 unspecified atom stereocenters. The van der Waals surface area contributed by atoms with Gasteiger partial charge in [0, 0.05) is 19.5 Å². The maximum atomic E-state index is 11.9. The molecule has 3 N–H and O–H groups in total. The van der Waals surface area contributed by atoms with E-state index >= 15 is 0 Å². The van der Waals surface area contributed by atoms with Gasteiger partial charge in [-0.05, 0) is 31.8 Å². The molecule has 0 spiro atoms. The largest absolute Gasteiger partial charge is 0.388 e. The van der Waals surface area contributed by atoms with E-state index in [9.17, 15) is 15.0 Å². The lowest BCUT2D eigenvalue weighted by molar-refractivity contribution is -0.131. The lowest BCUT2D eigenvalue weighted by Crippen LogP contribution is -2.36. The van der Waals surface area contributed by atoms with Gasteiger partial charge >= 0.3 is 0 Å². The average Bonchev–Trinajstić information content (AvgIpc) is 2.61. The summed E-state index contributed by atoms with van der Waals surface area (Å²) in [4.78, 5) is 13.5. The first-order valence-corrected chi connectivity index (χ1v) is 6.01. The van der Waals surface area contributed by atoms with Gasteiger partial charge in [-0.2, -0.15) is 0 Å². The van der Waals surface area contributed by atoms with Crippen molar-refractivity contribution in [2.75, 3.05) is 26.2 Å². The number of hydrogen-bond donors (Lipinski definition) is 3. The molecule has 0 radical (unpaired) electrons. The van der Waals surface area contributed by atoms with Crippen LogP contribution in [-0.4, -0.2) is 59.4 Å². The molecule has 16 heavy (non-hydrogen) atoms. The van der Waals surface area contributed by atoms with Gasteiger partial charge in [0.2, 0.25) is 5.91 Å². The molecule has 5 nitrogen and oxygen atoms in total. The quantitative estimate of drug-likeness (QED) is 0.563. The van der Waals surface area contributed by atoms with Gasteiger partial charge in [-0.15, -0.1) is 0 Å². The Morgan fingerprint density at radius 3 is 2.56 bits per heavy atom. The highest BCUT2D eigenvalue weighted by molar-refractivity contribution is 5.77. The topological polar surface area (TPSA) is 72.8 Å². The number of carbonyl (C=O) groups is 1. The molecule has 0 aromatic rings. The van der Waals surface area contributed by atoms with E-state index < -0.39 is 12.2 Å². The first-order chi connectivity index (χ1) is 7.66. The Labute approximate surface area is 95.4 Å². The van der Waals surface area contributed by atoms with Crippen molar-refractivity contribution in [3.8, 4) is 0 Å². The minimum absolute atomic E-state index is 0.0595. The minimum Gasteiger partial charge on any atom is -0.388 e. The normalized spacial score (nSPS) is 35.4. The van der Waals surface area contributed by atoms with E-state index in [1.54, 1.807) is 4.90 Å². The zero-order chi connectivity index (χ0) is 11.5. The molecule has 1 amide bonds. The molecule has 2 aliphatic heterocycles. The fourth-order valence-electron chi connectivity index (χ4n) is 2.45. The SMILES string of the molecule is O=C(CC1CCCNC1)N1C[C@@H](O)[C@@H](O)C1. The van der Waals surface area contributed by atoms with E-state index in [2.05, 4.69) is 5.32 Å². The van der Waals surface area contributed by atoms with Gasteiger partial charge in [0.15, 0.2) is 0 Å². The van der Waals surface area contributed by atoms with E-state index in [1.807, 2.05) is 0 Å². The lowest BCUT2D eigenvalue weighted by Gasteiger charge is -2.24. The number of aliphatic hydroxyl groups is 2. The summed E-state index contributed by atoms with van der Waals surface area (Å²) in [5.41, 5.74) is 0. The van der Waals surface area contributed by atoms with Gasteiger partial charge in [0.25, 0.3) is 0 Å². The number of rotatable bonds is 2. The molecule has 5 heteroatoms. The minimum atomic E-state index is -0.770. The van der Waals surface area contributed by atoms with Crippen molar-refractivity contribution in [3.05, 3.63) is 0 Å². The summed E-state index contributed by atoms with van der Waals surface area (Å²) in [5, 5.41) is 22.0. The number of nitrogens with zero attached hydrogens (tertiary/aromatic N) is 1. The Kier molecular flexibility index (Phi) is 3.78. The lowest BCUT2D eigenvalue weighted by atomic mass is 9.96. The molecule has 0 saturated carbocycles. The van der Waals surface area contributed by atoms with E-state index in [4.69, 9.17) is 0 Å². The van der Waals surface area contributed by atoms with Crippen LogP contribution in [-0.2, 0) is 4.79 Å². The van der Waals surface area contributed by atoms with Gasteiger partial charge in [-0.25, -0.2) is 0 Å². The van der Waals surface area contributed by atoms with Crippen molar-refractivity contribution in [1.29, 1.82) is 0 Å². The number of β-amino-alcohol motifs (C(OH)–C–C–N with tert-alkyl or cyclic N) is 2. The molecule has 2 saturated heterocycles. The van der Waals surface area contributed by atoms with Crippen LogP contribution in [0.2, 0.25) is 0 Å². The summed E-state index contributed by atoms with van der Waals surface area (Å²) >= 11 is 0. The Bertz CT molecular complexity index is 244. The maximum absolute atomic E-state index is 11.9. The molecule has 2 aliphatic rings. The smallest absolute Gasteiger partial charge is 0.223 e. The fourth-order valence-corrected chi connectivity index (χ4v) is 2.45. The number of carbonyl (C=O) groups excluding carboxylic acids is 1. The van der Waals surface area contributed by atoms with Crippen LogP contribution in [0.5, 0.6) is 0 Å². The third kappa shape index (κ3) is 2.72. The second-order valence-electron chi connectivity index (χ2n) is 4.85. The van der Waals surface area contributed by atoms with Crippen LogP contribution in [0, 0.1) is 5.92 Å². The van der Waals surface area contributed by atoms with Crippen molar-refractivity contribution in [3.63, 3.8) is 0 Å². The van der Waals surface area contributed by atoms with E-state index in [1.165, 1.54) is 0 Å². The van der Waals surface area contributed by atoms with Crippen molar-refractivity contribution >= 4 is 5.91 Å². The molecule has 2 heterocycles. The first kappa shape index (κ1) is 11.8. The highest BCUT2D eigenvalue weighted by atomic mass is 16.3. The van der Waals surface area contributed by atoms with Crippen LogP contribution in [0.1, 0.15) is 19.3 Å². The first-order valence-electron chi connectivity index (χ1n) is 6.01. The zero-order valence-electron chi connectivity index (χ0n) is 9.43. The van der Waals surface area contributed by atoms with E-state index in [0.29, 0.717) is 12.3 Å². The van der Waals surface area contributed by atoms with Gasteiger partial charge < -0.3 is 20.4 Å². The summed E-state index contributed by atoms with van der Waals surface area (Å²) in [6.07, 6.45) is 1.22. The molecule has 0 bridgehead atoms. The summed E-state index contributed by atoms with van der Waals surface area (Å²) in [5.74, 6) is 0.473. The number of nitrogens with one attached hydrogen (secondary N) is 1. The van der Waals surface area contributed by atoms with Crippen LogP contribution >= 0.6 is 0 Å². The molecule has 2 rings (SSSR count). The van der Waals surface area contributed by atoms with Gasteiger partial charge in [-0.1, -0.05) is 0 Å². The second-order valence-corrected chi connectivity index (χ2v) is 4.85.